The largest absolute Gasteiger partial charge is 0.456 e. The van der Waals surface area contributed by atoms with Crippen LogP contribution in [0.4, 0.5) is 0 Å². The van der Waals surface area contributed by atoms with Crippen LogP contribution in [0.2, 0.25) is 0 Å². The number of fused-ring (bicyclic) bond motifs is 16. The Bertz CT molecular complexity index is 8150. The molecule has 0 aliphatic heterocycles. The number of hydrogen-bond donors (Lipinski definition) is 0. The Morgan fingerprint density at radius 2 is 0.508 bits per heavy atom. The topological polar surface area (TPSA) is 129 Å². The minimum absolute atomic E-state index is 0.591. The molecule has 0 fully saturated rings. The minimum atomic E-state index is 0.591. The number of hydrogen-bond acceptors (Lipinski definition) is 12. The van der Waals surface area contributed by atoms with Gasteiger partial charge in [-0.15, -0.1) is 22.7 Å². The highest BCUT2D eigenvalue weighted by Gasteiger charge is 2.24. The Kier molecular flexibility index (Phi) is 17.1. The molecule has 24 rings (SSSR count). The molecule has 0 bridgehead atoms. The van der Waals surface area contributed by atoms with Gasteiger partial charge in [0.05, 0.1) is 31.8 Å². The molecule has 0 amide bonds. The van der Waals surface area contributed by atoms with E-state index in [1.807, 2.05) is 109 Å². The van der Waals surface area contributed by atoms with Crippen molar-refractivity contribution in [3.05, 3.63) is 388 Å². The van der Waals surface area contributed by atoms with Gasteiger partial charge in [-0.05, 0) is 118 Å². The average molecular weight is 1570 g/mol. The van der Waals surface area contributed by atoms with E-state index in [-0.39, 0.29) is 0 Å². The second kappa shape index (κ2) is 29.3. The zero-order valence-electron chi connectivity index (χ0n) is 64.2. The average Bonchev–Trinajstić information content (AvgIpc) is 1.47. The quantitative estimate of drug-likeness (QED) is 0.117. The minimum Gasteiger partial charge on any atom is -0.456 e. The van der Waals surface area contributed by atoms with Crippen LogP contribution < -0.4 is 0 Å². The molecule has 0 unspecified atom stereocenters. The molecular weight excluding hydrogens is 1510 g/mol. The van der Waals surface area contributed by atoms with Crippen molar-refractivity contribution in [2.24, 2.45) is 0 Å². The maximum absolute atomic E-state index is 6.36. The van der Waals surface area contributed by atoms with E-state index < -0.39 is 0 Å². The number of para-hydroxylation sites is 3. The van der Waals surface area contributed by atoms with Gasteiger partial charge < -0.3 is 8.83 Å². The van der Waals surface area contributed by atoms with Crippen molar-refractivity contribution in [1.82, 2.24) is 39.9 Å². The lowest BCUT2D eigenvalue weighted by atomic mass is 9.96. The van der Waals surface area contributed by atoms with Crippen LogP contribution in [0, 0.1) is 0 Å². The number of nitrogens with zero attached hydrogens (tertiary/aromatic N) is 8. The van der Waals surface area contributed by atoms with E-state index >= 15 is 0 Å². The third-order valence-corrected chi connectivity index (χ3v) is 25.0. The fourth-order valence-electron chi connectivity index (χ4n) is 16.8. The molecule has 8 aromatic heterocycles. The third-order valence-electron chi connectivity index (χ3n) is 22.7. The molecule has 0 aliphatic rings. The Hall–Kier alpha value is -15.6. The molecule has 0 saturated carbocycles. The number of rotatable bonds is 12. The molecule has 560 valence electrons. The summed E-state index contributed by atoms with van der Waals surface area (Å²) in [5.41, 5.74) is 23.9. The lowest BCUT2D eigenvalue weighted by molar-refractivity contribution is 0.669. The second-order valence-corrected chi connectivity index (χ2v) is 32.1. The first kappa shape index (κ1) is 69.9. The van der Waals surface area contributed by atoms with Crippen LogP contribution >= 0.6 is 22.7 Å². The summed E-state index contributed by atoms with van der Waals surface area (Å²) in [7, 11) is 0. The van der Waals surface area contributed by atoms with Crippen molar-refractivity contribution in [2.75, 3.05) is 0 Å². The molecule has 12 heteroatoms. The van der Waals surface area contributed by atoms with E-state index in [1.54, 1.807) is 22.7 Å². The van der Waals surface area contributed by atoms with Gasteiger partial charge in [-0.2, -0.15) is 0 Å². The van der Waals surface area contributed by atoms with Crippen LogP contribution in [0.3, 0.4) is 0 Å². The summed E-state index contributed by atoms with van der Waals surface area (Å²) in [4.78, 5) is 41.1. The highest BCUT2D eigenvalue weighted by atomic mass is 32.1. The lowest BCUT2D eigenvalue weighted by Crippen LogP contribution is -2.00. The number of benzene rings is 16. The van der Waals surface area contributed by atoms with Crippen molar-refractivity contribution < 1.29 is 8.83 Å². The zero-order chi connectivity index (χ0) is 79.1. The fraction of sp³-hybridized carbons (Fsp3) is 0. The second-order valence-electron chi connectivity index (χ2n) is 30.0. The predicted octanol–water partition coefficient (Wildman–Crippen LogP) is 29.4. The van der Waals surface area contributed by atoms with Gasteiger partial charge >= 0.3 is 0 Å². The Balaban J connectivity index is 0.000000140. The van der Waals surface area contributed by atoms with E-state index in [9.17, 15) is 0 Å². The van der Waals surface area contributed by atoms with Gasteiger partial charge in [0.2, 0.25) is 0 Å². The number of aromatic nitrogens is 8. The van der Waals surface area contributed by atoms with Gasteiger partial charge in [0.25, 0.3) is 0 Å². The van der Waals surface area contributed by atoms with Crippen LogP contribution in [0.25, 0.3) is 241 Å². The fourth-order valence-corrected chi connectivity index (χ4v) is 19.2. The van der Waals surface area contributed by atoms with Crippen molar-refractivity contribution in [3.8, 4) is 135 Å². The predicted molar refractivity (Wildman–Crippen MR) is 496 cm³/mol. The van der Waals surface area contributed by atoms with Gasteiger partial charge in [-0.3, -0.25) is 0 Å². The summed E-state index contributed by atoms with van der Waals surface area (Å²) >= 11 is 3.59. The van der Waals surface area contributed by atoms with E-state index in [0.717, 1.165) is 143 Å². The van der Waals surface area contributed by atoms with Crippen molar-refractivity contribution in [2.45, 2.75) is 0 Å². The molecule has 10 nitrogen and oxygen atoms in total. The molecule has 0 radical (unpaired) electrons. The highest BCUT2D eigenvalue weighted by Crippen LogP contribution is 2.48. The van der Waals surface area contributed by atoms with Gasteiger partial charge in [0.15, 0.2) is 34.9 Å². The Labute approximate surface area is 696 Å². The molecule has 16 aromatic carbocycles. The first-order valence-corrected chi connectivity index (χ1v) is 41.5. The summed E-state index contributed by atoms with van der Waals surface area (Å²) in [6.45, 7) is 0. The monoisotopic (exact) mass is 1570 g/mol. The molecule has 8 heterocycles. The van der Waals surface area contributed by atoms with E-state index in [0.29, 0.717) is 34.9 Å². The SMILES string of the molecule is c1ccc(-c2ccc3nc(-c4ccc(-c5nc(-c6ccccc6)nc(-c6ccc(-c7cccc8c7oc7ccccc78)cc6)n5)cc4)c4sc5ccccc5c4c3c2)cc1.c1ccc(-c2cccc(-c3ccc4nc(-c5cccc(-c6nc(-c7ccccc7)nc(-c7ccc8oc9ccccc9c8c7)n6)c5)c5sc6ccccc6c5c4c3)c2)cc1. The smallest absolute Gasteiger partial charge is 0.164 e. The highest BCUT2D eigenvalue weighted by molar-refractivity contribution is 7.27. The maximum atomic E-state index is 6.36. The van der Waals surface area contributed by atoms with E-state index in [4.69, 9.17) is 48.7 Å². The van der Waals surface area contributed by atoms with Gasteiger partial charge in [-0.1, -0.05) is 309 Å². The molecule has 0 N–H and O–H groups in total. The van der Waals surface area contributed by atoms with Gasteiger partial charge in [-0.25, -0.2) is 39.9 Å². The maximum Gasteiger partial charge on any atom is 0.164 e. The zero-order valence-corrected chi connectivity index (χ0v) is 65.8. The van der Waals surface area contributed by atoms with Crippen molar-refractivity contribution in [1.29, 1.82) is 0 Å². The summed E-state index contributed by atoms with van der Waals surface area (Å²) < 4.78 is 17.3. The standard InChI is InChI=1S/2C54H32N4OS/c1-3-13-33(14-4-1)35-17-11-18-36(29-35)37-25-27-45-44(31-37)49-42-22-8-10-24-48(42)60-51(49)50(55-45)38-19-12-20-39(30-38)53-56-52(34-15-5-2-6-16-34)57-54(58-53)40-26-28-47-43(32-40)41-21-7-9-23-46(41)59-47;1-3-12-33(13-4-1)39-30-31-45-44(32-39)48-43-17-8-10-21-47(43)60-51(48)49(55-45)35-24-28-38(29-25-35)54-57-52(36-14-5-2-6-15-36)56-53(58-54)37-26-22-34(23-27-37)40-18-11-19-42-41-16-7-9-20-46(41)59-50(40)42/h2*1-32H. The summed E-state index contributed by atoms with van der Waals surface area (Å²) in [5, 5.41) is 11.6. The molecule has 0 saturated heterocycles. The Morgan fingerprint density at radius 3 is 1.05 bits per heavy atom. The molecule has 24 aromatic rings. The molecule has 0 spiro atoms. The third kappa shape index (κ3) is 12.6. The normalized spacial score (nSPS) is 11.7. The molecule has 0 aliphatic carbocycles. The summed E-state index contributed by atoms with van der Waals surface area (Å²) in [5.74, 6) is 3.63. The number of pyridine rings is 2. The molecule has 0 atom stereocenters. The summed E-state index contributed by atoms with van der Waals surface area (Å²) in [6, 6.07) is 135. The van der Waals surface area contributed by atoms with Crippen molar-refractivity contribution >= 4 is 129 Å². The first-order valence-electron chi connectivity index (χ1n) is 39.9. The Morgan fingerprint density at radius 1 is 0.183 bits per heavy atom. The van der Waals surface area contributed by atoms with Gasteiger partial charge in [0, 0.05) is 113 Å². The number of furan rings is 2. The van der Waals surface area contributed by atoms with Crippen LogP contribution in [0.5, 0.6) is 0 Å². The van der Waals surface area contributed by atoms with Crippen LogP contribution in [0.1, 0.15) is 0 Å². The molecule has 120 heavy (non-hydrogen) atoms. The molecular formula is C108H64N8O2S2. The first-order chi connectivity index (χ1) is 59.4. The van der Waals surface area contributed by atoms with Gasteiger partial charge in [0.1, 0.15) is 22.3 Å². The lowest BCUT2D eigenvalue weighted by Gasteiger charge is -2.12. The van der Waals surface area contributed by atoms with Crippen LogP contribution in [0.15, 0.2) is 397 Å². The number of thiophene rings is 2. The van der Waals surface area contributed by atoms with Crippen LogP contribution in [-0.2, 0) is 0 Å². The van der Waals surface area contributed by atoms with E-state index in [2.05, 4.69) is 279 Å². The van der Waals surface area contributed by atoms with Crippen LogP contribution in [-0.4, -0.2) is 39.9 Å². The van der Waals surface area contributed by atoms with E-state index in [1.165, 1.54) is 63.5 Å². The van der Waals surface area contributed by atoms with Crippen molar-refractivity contribution in [3.63, 3.8) is 0 Å². The summed E-state index contributed by atoms with van der Waals surface area (Å²) in [6.07, 6.45) is 0.